The highest BCUT2D eigenvalue weighted by molar-refractivity contribution is 5.21. The predicted molar refractivity (Wildman–Crippen MR) is 64.0 cm³/mol. The van der Waals surface area contributed by atoms with Crippen molar-refractivity contribution in [3.63, 3.8) is 0 Å². The summed E-state index contributed by atoms with van der Waals surface area (Å²) in [5.74, 6) is 0. The molecule has 0 heterocycles. The fourth-order valence-electron chi connectivity index (χ4n) is 1.41. The molecule has 0 spiro atoms. The molecule has 1 N–H and O–H groups in total. The molecule has 15 heavy (non-hydrogen) atoms. The van der Waals surface area contributed by atoms with Crippen LogP contribution in [-0.4, -0.2) is 19.2 Å². The lowest BCUT2D eigenvalue weighted by atomic mass is 10.1. The molecule has 2 nitrogen and oxygen atoms in total. The summed E-state index contributed by atoms with van der Waals surface area (Å²) in [7, 11) is 0. The number of ether oxygens (including phenoxy) is 1. The normalized spacial score (nSPS) is 10.9. The van der Waals surface area contributed by atoms with Crippen LogP contribution in [0.25, 0.3) is 0 Å². The Morgan fingerprint density at radius 3 is 2.80 bits per heavy atom. The van der Waals surface area contributed by atoms with Gasteiger partial charge in [0.15, 0.2) is 0 Å². The Balaban J connectivity index is 2.15. The molecule has 2 heteroatoms. The van der Waals surface area contributed by atoms with Gasteiger partial charge in [0.05, 0.1) is 13.2 Å². The number of rotatable bonds is 6. The van der Waals surface area contributed by atoms with Crippen molar-refractivity contribution >= 4 is 0 Å². The summed E-state index contributed by atoms with van der Waals surface area (Å²) >= 11 is 0. The molecule has 1 rings (SSSR count). The van der Waals surface area contributed by atoms with Crippen LogP contribution in [0.3, 0.4) is 0 Å². The van der Waals surface area contributed by atoms with E-state index in [1.807, 2.05) is 0 Å². The summed E-state index contributed by atoms with van der Waals surface area (Å²) < 4.78 is 5.56. The SMILES string of the molecule is Cc1cccc(COCCNC(C)C)c1. The Bertz CT molecular complexity index is 284. The van der Waals surface area contributed by atoms with Crippen molar-refractivity contribution in [2.24, 2.45) is 0 Å². The Kier molecular flexibility index (Phi) is 5.37. The van der Waals surface area contributed by atoms with E-state index in [1.54, 1.807) is 0 Å². The summed E-state index contributed by atoms with van der Waals surface area (Å²) in [6.45, 7) is 8.78. The molecule has 0 aliphatic carbocycles. The molecule has 0 radical (unpaired) electrons. The molecule has 0 unspecified atom stereocenters. The van der Waals surface area contributed by atoms with Crippen LogP contribution in [-0.2, 0) is 11.3 Å². The molecule has 84 valence electrons. The number of benzene rings is 1. The predicted octanol–water partition coefficient (Wildman–Crippen LogP) is 2.51. The molecular formula is C13H21NO. The topological polar surface area (TPSA) is 21.3 Å². The second-order valence-corrected chi connectivity index (χ2v) is 4.15. The van der Waals surface area contributed by atoms with Crippen LogP contribution in [0.4, 0.5) is 0 Å². The first kappa shape index (κ1) is 12.2. The largest absolute Gasteiger partial charge is 0.375 e. The highest BCUT2D eigenvalue weighted by atomic mass is 16.5. The van der Waals surface area contributed by atoms with Crippen molar-refractivity contribution in [1.82, 2.24) is 5.32 Å². The van der Waals surface area contributed by atoms with Crippen LogP contribution in [0, 0.1) is 6.92 Å². The van der Waals surface area contributed by atoms with Crippen LogP contribution in [0.2, 0.25) is 0 Å². The van der Waals surface area contributed by atoms with Crippen molar-refractivity contribution in [2.75, 3.05) is 13.2 Å². The van der Waals surface area contributed by atoms with E-state index in [4.69, 9.17) is 4.74 Å². The first-order valence-electron chi connectivity index (χ1n) is 5.55. The van der Waals surface area contributed by atoms with E-state index in [-0.39, 0.29) is 0 Å². The Morgan fingerprint density at radius 1 is 1.33 bits per heavy atom. The first-order chi connectivity index (χ1) is 7.18. The molecule has 0 aromatic heterocycles. The highest BCUT2D eigenvalue weighted by Gasteiger charge is 1.94. The van der Waals surface area contributed by atoms with Gasteiger partial charge in [0.25, 0.3) is 0 Å². The minimum Gasteiger partial charge on any atom is -0.375 e. The smallest absolute Gasteiger partial charge is 0.0717 e. The van der Waals surface area contributed by atoms with Crippen molar-refractivity contribution in [3.8, 4) is 0 Å². The van der Waals surface area contributed by atoms with E-state index in [1.165, 1.54) is 11.1 Å². The number of aryl methyl sites for hydroxylation is 1. The lowest BCUT2D eigenvalue weighted by Gasteiger charge is -2.08. The third-order valence-corrected chi connectivity index (χ3v) is 2.15. The summed E-state index contributed by atoms with van der Waals surface area (Å²) in [4.78, 5) is 0. The minimum atomic E-state index is 0.535. The molecule has 1 aromatic rings. The van der Waals surface area contributed by atoms with Gasteiger partial charge in [0.1, 0.15) is 0 Å². The van der Waals surface area contributed by atoms with Gasteiger partial charge in [-0.15, -0.1) is 0 Å². The Morgan fingerprint density at radius 2 is 2.13 bits per heavy atom. The molecule has 0 fully saturated rings. The zero-order chi connectivity index (χ0) is 11.1. The molecule has 0 saturated heterocycles. The Hall–Kier alpha value is -0.860. The number of hydrogen-bond donors (Lipinski definition) is 1. The Labute approximate surface area is 92.6 Å². The van der Waals surface area contributed by atoms with Gasteiger partial charge < -0.3 is 10.1 Å². The quantitative estimate of drug-likeness (QED) is 0.724. The highest BCUT2D eigenvalue weighted by Crippen LogP contribution is 2.04. The van der Waals surface area contributed by atoms with E-state index in [0.717, 1.165) is 13.2 Å². The van der Waals surface area contributed by atoms with Gasteiger partial charge in [-0.05, 0) is 12.5 Å². The van der Waals surface area contributed by atoms with E-state index in [0.29, 0.717) is 12.6 Å². The zero-order valence-corrected chi connectivity index (χ0v) is 9.92. The van der Waals surface area contributed by atoms with Crippen molar-refractivity contribution in [2.45, 2.75) is 33.4 Å². The second kappa shape index (κ2) is 6.59. The maximum absolute atomic E-state index is 5.56. The fraction of sp³-hybridized carbons (Fsp3) is 0.538. The van der Waals surface area contributed by atoms with Gasteiger partial charge in [-0.25, -0.2) is 0 Å². The van der Waals surface area contributed by atoms with Crippen LogP contribution in [0.15, 0.2) is 24.3 Å². The summed E-state index contributed by atoms with van der Waals surface area (Å²) in [6, 6.07) is 8.97. The summed E-state index contributed by atoms with van der Waals surface area (Å²) in [5.41, 5.74) is 2.54. The maximum Gasteiger partial charge on any atom is 0.0717 e. The third kappa shape index (κ3) is 5.55. The van der Waals surface area contributed by atoms with Crippen molar-refractivity contribution < 1.29 is 4.74 Å². The molecule has 0 amide bonds. The van der Waals surface area contributed by atoms with Gasteiger partial charge in [-0.1, -0.05) is 43.7 Å². The number of nitrogens with one attached hydrogen (secondary N) is 1. The van der Waals surface area contributed by atoms with E-state index < -0.39 is 0 Å². The minimum absolute atomic E-state index is 0.535. The van der Waals surface area contributed by atoms with Gasteiger partial charge >= 0.3 is 0 Å². The van der Waals surface area contributed by atoms with E-state index in [9.17, 15) is 0 Å². The molecule has 0 bridgehead atoms. The monoisotopic (exact) mass is 207 g/mol. The molecule has 1 aromatic carbocycles. The summed E-state index contributed by atoms with van der Waals surface area (Å²) in [6.07, 6.45) is 0. The lowest BCUT2D eigenvalue weighted by Crippen LogP contribution is -2.26. The summed E-state index contributed by atoms with van der Waals surface area (Å²) in [5, 5.41) is 3.32. The molecule has 0 aliphatic rings. The van der Waals surface area contributed by atoms with E-state index in [2.05, 4.69) is 50.4 Å². The van der Waals surface area contributed by atoms with Crippen LogP contribution < -0.4 is 5.32 Å². The standard InChI is InChI=1S/C13H21NO/c1-11(2)14-7-8-15-10-13-6-4-5-12(3)9-13/h4-6,9,11,14H,7-8,10H2,1-3H3. The van der Waals surface area contributed by atoms with Crippen LogP contribution in [0.1, 0.15) is 25.0 Å². The van der Waals surface area contributed by atoms with Crippen molar-refractivity contribution in [1.29, 1.82) is 0 Å². The fourth-order valence-corrected chi connectivity index (χ4v) is 1.41. The first-order valence-corrected chi connectivity index (χ1v) is 5.55. The lowest BCUT2D eigenvalue weighted by molar-refractivity contribution is 0.121. The number of hydrogen-bond acceptors (Lipinski definition) is 2. The van der Waals surface area contributed by atoms with Gasteiger partial charge in [-0.2, -0.15) is 0 Å². The third-order valence-electron chi connectivity index (χ3n) is 2.15. The molecular weight excluding hydrogens is 186 g/mol. The van der Waals surface area contributed by atoms with Gasteiger partial charge in [0.2, 0.25) is 0 Å². The zero-order valence-electron chi connectivity index (χ0n) is 9.92. The van der Waals surface area contributed by atoms with Crippen LogP contribution in [0.5, 0.6) is 0 Å². The van der Waals surface area contributed by atoms with E-state index >= 15 is 0 Å². The van der Waals surface area contributed by atoms with Gasteiger partial charge in [-0.3, -0.25) is 0 Å². The average molecular weight is 207 g/mol. The van der Waals surface area contributed by atoms with Crippen LogP contribution >= 0.6 is 0 Å². The molecule has 0 atom stereocenters. The van der Waals surface area contributed by atoms with Gasteiger partial charge in [0, 0.05) is 12.6 Å². The second-order valence-electron chi connectivity index (χ2n) is 4.15. The van der Waals surface area contributed by atoms with Crippen molar-refractivity contribution in [3.05, 3.63) is 35.4 Å². The maximum atomic E-state index is 5.56. The molecule has 0 aliphatic heterocycles. The molecule has 0 saturated carbocycles. The average Bonchev–Trinajstić information content (AvgIpc) is 2.17.